The zero-order valence-electron chi connectivity index (χ0n) is 7.26. The fourth-order valence-electron chi connectivity index (χ4n) is 0.915. The fourth-order valence-corrected chi connectivity index (χ4v) is 1.05. The van der Waals surface area contributed by atoms with Crippen molar-refractivity contribution in [1.82, 2.24) is 9.97 Å². The highest BCUT2D eigenvalue weighted by atomic mass is 35.5. The molecule has 0 aliphatic carbocycles. The van der Waals surface area contributed by atoms with Crippen molar-refractivity contribution in [3.8, 4) is 0 Å². The molecule has 0 saturated carbocycles. The summed E-state index contributed by atoms with van der Waals surface area (Å²) < 4.78 is 0. The number of unbranched alkanes of at least 4 members (excludes halogenated alkanes) is 1. The molecular weight excluding hydrogens is 172 g/mol. The van der Waals surface area contributed by atoms with Crippen molar-refractivity contribution < 1.29 is 0 Å². The summed E-state index contributed by atoms with van der Waals surface area (Å²) in [7, 11) is 0. The van der Waals surface area contributed by atoms with E-state index in [1.165, 1.54) is 6.42 Å². The number of nitrogens with zero attached hydrogens (tertiary/aromatic N) is 2. The molecule has 0 fully saturated rings. The van der Waals surface area contributed by atoms with E-state index in [-0.39, 0.29) is 0 Å². The molecule has 0 bridgehead atoms. The van der Waals surface area contributed by atoms with Crippen molar-refractivity contribution in [2.24, 2.45) is 0 Å². The highest BCUT2D eigenvalue weighted by Gasteiger charge is 1.95. The summed E-state index contributed by atoms with van der Waals surface area (Å²) >= 11 is 5.60. The van der Waals surface area contributed by atoms with Crippen LogP contribution < -0.4 is 0 Å². The van der Waals surface area contributed by atoms with E-state index in [1.807, 2.05) is 0 Å². The van der Waals surface area contributed by atoms with Gasteiger partial charge in [-0.15, -0.1) is 11.6 Å². The van der Waals surface area contributed by atoms with E-state index in [2.05, 4.69) is 16.9 Å². The van der Waals surface area contributed by atoms with Gasteiger partial charge in [0.1, 0.15) is 5.82 Å². The van der Waals surface area contributed by atoms with Gasteiger partial charge < -0.3 is 0 Å². The monoisotopic (exact) mass is 184 g/mol. The number of hydrogen-bond acceptors (Lipinski definition) is 2. The molecule has 2 nitrogen and oxygen atoms in total. The van der Waals surface area contributed by atoms with Crippen LogP contribution in [0.4, 0.5) is 0 Å². The Morgan fingerprint density at radius 1 is 1.33 bits per heavy atom. The molecule has 0 radical (unpaired) electrons. The molecular formula is C9H13ClN2. The lowest BCUT2D eigenvalue weighted by Crippen LogP contribution is -1.95. The quantitative estimate of drug-likeness (QED) is 0.673. The second-order valence-corrected chi connectivity index (χ2v) is 3.01. The van der Waals surface area contributed by atoms with Crippen LogP contribution in [0.15, 0.2) is 12.4 Å². The van der Waals surface area contributed by atoms with Crippen LogP contribution >= 0.6 is 11.6 Å². The third kappa shape index (κ3) is 2.78. The highest BCUT2D eigenvalue weighted by Crippen LogP contribution is 2.02. The average Bonchev–Trinajstić information content (AvgIpc) is 2.15. The standard InChI is InChI=1S/C9H13ClN2/c1-2-3-4-9-11-6-8(5-10)7-12-9/h6-7H,2-5H2,1H3. The van der Waals surface area contributed by atoms with Gasteiger partial charge in [-0.1, -0.05) is 13.3 Å². The van der Waals surface area contributed by atoms with Gasteiger partial charge in [0, 0.05) is 24.4 Å². The number of rotatable bonds is 4. The molecule has 3 heteroatoms. The van der Waals surface area contributed by atoms with Crippen molar-refractivity contribution in [1.29, 1.82) is 0 Å². The number of hydrogen-bond donors (Lipinski definition) is 0. The van der Waals surface area contributed by atoms with Crippen LogP contribution in [0.2, 0.25) is 0 Å². The first-order valence-electron chi connectivity index (χ1n) is 4.22. The molecule has 66 valence electrons. The largest absolute Gasteiger partial charge is 0.241 e. The molecule has 0 aliphatic rings. The third-order valence-electron chi connectivity index (χ3n) is 1.67. The second-order valence-electron chi connectivity index (χ2n) is 2.74. The Morgan fingerprint density at radius 2 is 2.00 bits per heavy atom. The lowest BCUT2D eigenvalue weighted by atomic mass is 10.2. The summed E-state index contributed by atoms with van der Waals surface area (Å²) in [4.78, 5) is 8.38. The minimum absolute atomic E-state index is 0.494. The van der Waals surface area contributed by atoms with Gasteiger partial charge in [0.05, 0.1) is 5.88 Å². The highest BCUT2D eigenvalue weighted by molar-refractivity contribution is 6.17. The van der Waals surface area contributed by atoms with E-state index in [1.54, 1.807) is 12.4 Å². The molecule has 0 amide bonds. The van der Waals surface area contributed by atoms with Crippen LogP contribution in [0.1, 0.15) is 31.2 Å². The predicted octanol–water partition coefficient (Wildman–Crippen LogP) is 2.56. The van der Waals surface area contributed by atoms with Crippen LogP contribution in [-0.2, 0) is 12.3 Å². The minimum Gasteiger partial charge on any atom is -0.241 e. The van der Waals surface area contributed by atoms with E-state index in [0.29, 0.717) is 5.88 Å². The Kier molecular flexibility index (Phi) is 4.01. The Labute approximate surface area is 78.0 Å². The molecule has 0 spiro atoms. The van der Waals surface area contributed by atoms with E-state index >= 15 is 0 Å². The first-order chi connectivity index (χ1) is 5.86. The first kappa shape index (κ1) is 9.46. The summed E-state index contributed by atoms with van der Waals surface area (Å²) in [5.74, 6) is 1.42. The van der Waals surface area contributed by atoms with E-state index in [0.717, 1.165) is 24.2 Å². The van der Waals surface area contributed by atoms with Crippen LogP contribution in [0.3, 0.4) is 0 Å². The fraction of sp³-hybridized carbons (Fsp3) is 0.556. The molecule has 0 N–H and O–H groups in total. The zero-order valence-corrected chi connectivity index (χ0v) is 8.01. The Morgan fingerprint density at radius 3 is 2.50 bits per heavy atom. The molecule has 1 heterocycles. The molecule has 12 heavy (non-hydrogen) atoms. The molecule has 0 saturated heterocycles. The Balaban J connectivity index is 2.53. The molecule has 1 aromatic heterocycles. The van der Waals surface area contributed by atoms with Crippen molar-refractivity contribution in [2.45, 2.75) is 32.1 Å². The number of aromatic nitrogens is 2. The smallest absolute Gasteiger partial charge is 0.128 e. The maximum Gasteiger partial charge on any atom is 0.128 e. The van der Waals surface area contributed by atoms with Gasteiger partial charge in [-0.05, 0) is 6.42 Å². The molecule has 0 aromatic carbocycles. The van der Waals surface area contributed by atoms with Gasteiger partial charge in [-0.3, -0.25) is 0 Å². The third-order valence-corrected chi connectivity index (χ3v) is 1.98. The summed E-state index contributed by atoms with van der Waals surface area (Å²) in [5.41, 5.74) is 0.983. The van der Waals surface area contributed by atoms with Gasteiger partial charge in [0.2, 0.25) is 0 Å². The van der Waals surface area contributed by atoms with Crippen molar-refractivity contribution in [2.75, 3.05) is 0 Å². The molecule has 0 aliphatic heterocycles. The molecule has 0 atom stereocenters. The van der Waals surface area contributed by atoms with Gasteiger partial charge in [0.25, 0.3) is 0 Å². The minimum atomic E-state index is 0.494. The summed E-state index contributed by atoms with van der Waals surface area (Å²) in [6.07, 6.45) is 6.90. The van der Waals surface area contributed by atoms with Gasteiger partial charge in [0.15, 0.2) is 0 Å². The second kappa shape index (κ2) is 5.09. The summed E-state index contributed by atoms with van der Waals surface area (Å²) in [6.45, 7) is 2.16. The van der Waals surface area contributed by atoms with Gasteiger partial charge in [-0.25, -0.2) is 9.97 Å². The number of halogens is 1. The van der Waals surface area contributed by atoms with E-state index < -0.39 is 0 Å². The van der Waals surface area contributed by atoms with Crippen LogP contribution in [0.5, 0.6) is 0 Å². The molecule has 0 unspecified atom stereocenters. The summed E-state index contributed by atoms with van der Waals surface area (Å²) in [5, 5.41) is 0. The van der Waals surface area contributed by atoms with Crippen LogP contribution in [-0.4, -0.2) is 9.97 Å². The maximum atomic E-state index is 5.60. The lowest BCUT2D eigenvalue weighted by molar-refractivity contribution is 0.750. The molecule has 1 aromatic rings. The normalized spacial score (nSPS) is 10.2. The lowest BCUT2D eigenvalue weighted by Gasteiger charge is -1.98. The van der Waals surface area contributed by atoms with Crippen molar-refractivity contribution in [3.63, 3.8) is 0 Å². The Hall–Kier alpha value is -0.630. The number of aryl methyl sites for hydroxylation is 1. The van der Waals surface area contributed by atoms with Crippen molar-refractivity contribution in [3.05, 3.63) is 23.8 Å². The number of alkyl halides is 1. The molecule has 1 rings (SSSR count). The van der Waals surface area contributed by atoms with Crippen molar-refractivity contribution >= 4 is 11.6 Å². The average molecular weight is 185 g/mol. The predicted molar refractivity (Wildman–Crippen MR) is 50.2 cm³/mol. The summed E-state index contributed by atoms with van der Waals surface area (Å²) in [6, 6.07) is 0. The van der Waals surface area contributed by atoms with E-state index in [4.69, 9.17) is 11.6 Å². The van der Waals surface area contributed by atoms with Crippen LogP contribution in [0.25, 0.3) is 0 Å². The first-order valence-corrected chi connectivity index (χ1v) is 4.76. The van der Waals surface area contributed by atoms with Gasteiger partial charge >= 0.3 is 0 Å². The maximum absolute atomic E-state index is 5.60. The van der Waals surface area contributed by atoms with Crippen LogP contribution in [0, 0.1) is 0 Å². The van der Waals surface area contributed by atoms with Gasteiger partial charge in [-0.2, -0.15) is 0 Å². The topological polar surface area (TPSA) is 25.8 Å². The van der Waals surface area contributed by atoms with E-state index in [9.17, 15) is 0 Å². The Bertz CT molecular complexity index is 220. The zero-order chi connectivity index (χ0) is 8.81. The SMILES string of the molecule is CCCCc1ncc(CCl)cn1.